The summed E-state index contributed by atoms with van der Waals surface area (Å²) < 4.78 is 44.3. The lowest BCUT2D eigenvalue weighted by Crippen LogP contribution is -2.33. The summed E-state index contributed by atoms with van der Waals surface area (Å²) in [5, 5.41) is 1.23. The van der Waals surface area contributed by atoms with Crippen molar-refractivity contribution in [3.8, 4) is 11.5 Å². The number of carbonyl (C=O) groups excluding carboxylic acids is 8. The Kier molecular flexibility index (Phi) is 20.8. The van der Waals surface area contributed by atoms with Crippen molar-refractivity contribution in [3.05, 3.63) is 61.7 Å². The van der Waals surface area contributed by atoms with Crippen LogP contribution >= 0.6 is 0 Å². The molecule has 0 atom stereocenters. The molecule has 4 fully saturated rings. The monoisotopic (exact) mass is 972 g/mol. The summed E-state index contributed by atoms with van der Waals surface area (Å²) in [6.07, 6.45) is 12.5. The van der Waals surface area contributed by atoms with Crippen LogP contribution in [0.1, 0.15) is 128 Å². The van der Waals surface area contributed by atoms with Gasteiger partial charge in [0.2, 0.25) is 0 Å². The summed E-state index contributed by atoms with van der Waals surface area (Å²) in [5.41, 5.74) is 0. The molecule has 2 aromatic carbocycles. The van der Waals surface area contributed by atoms with Gasteiger partial charge in [0.15, 0.2) is 0 Å². The lowest BCUT2D eigenvalue weighted by Gasteiger charge is -2.30. The van der Waals surface area contributed by atoms with Crippen molar-refractivity contribution in [2.24, 2.45) is 35.5 Å². The minimum atomic E-state index is -0.482. The molecule has 0 bridgehead atoms. The van der Waals surface area contributed by atoms with Gasteiger partial charge < -0.3 is 37.9 Å². The van der Waals surface area contributed by atoms with E-state index in [0.29, 0.717) is 151 Å². The topological polar surface area (TPSA) is 210 Å². The van der Waals surface area contributed by atoms with E-state index < -0.39 is 23.8 Å². The number of ether oxygens (including phenoxy) is 8. The van der Waals surface area contributed by atoms with E-state index in [4.69, 9.17) is 37.9 Å². The predicted octanol–water partition coefficient (Wildman–Crippen LogP) is 8.57. The SMILES string of the molecule is C=CC(=O)OCCCCOC(=O)C1CCC(OC(=O)C2CCC(C(=O)Oc3ccc(OC(=O)C4CCC(C(=O)OC5CCC(C(=O)OCCCCOC(=O)C=C)CC5)CC4)c4ccccc34)CC2)CC1. The van der Waals surface area contributed by atoms with Crippen LogP contribution in [-0.2, 0) is 66.8 Å². The first kappa shape index (κ1) is 53.3. The molecule has 0 saturated heterocycles. The van der Waals surface area contributed by atoms with Gasteiger partial charge in [0, 0.05) is 22.9 Å². The van der Waals surface area contributed by atoms with Gasteiger partial charge in [-0.15, -0.1) is 0 Å². The Morgan fingerprint density at radius 1 is 0.386 bits per heavy atom. The molecule has 4 saturated carbocycles. The van der Waals surface area contributed by atoms with Crippen LogP contribution in [0.15, 0.2) is 61.7 Å². The van der Waals surface area contributed by atoms with E-state index in [9.17, 15) is 38.4 Å². The van der Waals surface area contributed by atoms with Crippen LogP contribution in [0.3, 0.4) is 0 Å². The van der Waals surface area contributed by atoms with Gasteiger partial charge in [0.25, 0.3) is 0 Å². The smallest absolute Gasteiger partial charge is 0.330 e. The Labute approximate surface area is 409 Å². The predicted molar refractivity (Wildman–Crippen MR) is 252 cm³/mol. The maximum absolute atomic E-state index is 13.5. The fourth-order valence-corrected chi connectivity index (χ4v) is 9.74. The van der Waals surface area contributed by atoms with E-state index in [2.05, 4.69) is 13.2 Å². The molecule has 2 aromatic rings. The van der Waals surface area contributed by atoms with Crippen LogP contribution in [0.25, 0.3) is 10.8 Å². The quantitative estimate of drug-likeness (QED) is 0.0356. The van der Waals surface area contributed by atoms with Crippen LogP contribution < -0.4 is 9.47 Å². The third kappa shape index (κ3) is 16.0. The standard InChI is InChI=1S/C54H68O16/c1-3-47(55)63-31-7-9-33-65-49(57)35-21-25-41(26-22-35)67-51(59)37-13-17-39(18-14-37)53(61)69-45-29-30-46(44-12-6-5-11-43(44)45)70-54(62)40-19-15-38(16-20-40)52(60)68-42-27-23-36(24-28-42)50(58)66-34-10-8-32-64-48(56)4-2/h3-6,11-12,29-30,35-42H,1-2,7-10,13-28,31-34H2. The Hall–Kier alpha value is -6.06. The average Bonchev–Trinajstić information content (AvgIpc) is 3.39. The zero-order valence-electron chi connectivity index (χ0n) is 40.2. The Morgan fingerprint density at radius 2 is 0.671 bits per heavy atom. The molecular weight excluding hydrogens is 905 g/mol. The van der Waals surface area contributed by atoms with E-state index in [-0.39, 0.29) is 98.1 Å². The average molecular weight is 973 g/mol. The van der Waals surface area contributed by atoms with Crippen molar-refractivity contribution >= 4 is 58.5 Å². The number of esters is 8. The summed E-state index contributed by atoms with van der Waals surface area (Å²) in [5.74, 6) is -4.02. The Balaban J connectivity index is 0.862. The van der Waals surface area contributed by atoms with E-state index >= 15 is 0 Å². The van der Waals surface area contributed by atoms with Crippen LogP contribution in [-0.4, -0.2) is 86.4 Å². The van der Waals surface area contributed by atoms with Gasteiger partial charge in [-0.25, -0.2) is 9.59 Å². The van der Waals surface area contributed by atoms with Crippen molar-refractivity contribution in [3.63, 3.8) is 0 Å². The summed E-state index contributed by atoms with van der Waals surface area (Å²) >= 11 is 0. The molecule has 6 rings (SSSR count). The lowest BCUT2D eigenvalue weighted by atomic mass is 9.82. The summed E-state index contributed by atoms with van der Waals surface area (Å²) in [4.78, 5) is 101. The Morgan fingerprint density at radius 3 is 1.00 bits per heavy atom. The highest BCUT2D eigenvalue weighted by Crippen LogP contribution is 2.38. The van der Waals surface area contributed by atoms with Crippen molar-refractivity contribution in [2.45, 2.75) is 141 Å². The molecule has 0 radical (unpaired) electrons. The molecule has 0 N–H and O–H groups in total. The first-order chi connectivity index (χ1) is 33.9. The number of rotatable bonds is 22. The zero-order chi connectivity index (χ0) is 49.8. The zero-order valence-corrected chi connectivity index (χ0v) is 40.2. The van der Waals surface area contributed by atoms with Gasteiger partial charge >= 0.3 is 47.8 Å². The van der Waals surface area contributed by atoms with Gasteiger partial charge in [-0.1, -0.05) is 37.4 Å². The molecule has 70 heavy (non-hydrogen) atoms. The maximum atomic E-state index is 13.5. The highest BCUT2D eigenvalue weighted by Gasteiger charge is 2.37. The highest BCUT2D eigenvalue weighted by atomic mass is 16.6. The molecule has 4 aliphatic rings. The number of hydrogen-bond donors (Lipinski definition) is 0. The maximum Gasteiger partial charge on any atom is 0.330 e. The molecule has 0 unspecified atom stereocenters. The van der Waals surface area contributed by atoms with Gasteiger partial charge in [-0.05, 0) is 141 Å². The largest absolute Gasteiger partial charge is 0.465 e. The number of hydrogen-bond acceptors (Lipinski definition) is 16. The molecule has 16 heteroatoms. The van der Waals surface area contributed by atoms with Crippen LogP contribution in [0.2, 0.25) is 0 Å². The van der Waals surface area contributed by atoms with Crippen LogP contribution in [0.5, 0.6) is 11.5 Å². The molecular formula is C54H68O16. The minimum absolute atomic E-state index is 0.241. The van der Waals surface area contributed by atoms with Crippen LogP contribution in [0, 0.1) is 35.5 Å². The van der Waals surface area contributed by atoms with Crippen molar-refractivity contribution < 1.29 is 76.3 Å². The summed E-state index contributed by atoms with van der Waals surface area (Å²) in [7, 11) is 0. The van der Waals surface area contributed by atoms with Crippen LogP contribution in [0.4, 0.5) is 0 Å². The molecule has 0 spiro atoms. The van der Waals surface area contributed by atoms with Gasteiger partial charge in [0.1, 0.15) is 23.7 Å². The fourth-order valence-electron chi connectivity index (χ4n) is 9.74. The molecule has 0 amide bonds. The molecule has 380 valence electrons. The Bertz CT molecular complexity index is 2000. The first-order valence-electron chi connectivity index (χ1n) is 25.2. The molecule has 4 aliphatic carbocycles. The van der Waals surface area contributed by atoms with Gasteiger partial charge in [-0.3, -0.25) is 28.8 Å². The normalized spacial score (nSPS) is 24.4. The van der Waals surface area contributed by atoms with E-state index in [1.807, 2.05) is 12.1 Å². The van der Waals surface area contributed by atoms with Gasteiger partial charge in [-0.2, -0.15) is 0 Å². The number of carbonyl (C=O) groups is 8. The third-order valence-corrected chi connectivity index (χ3v) is 14.0. The van der Waals surface area contributed by atoms with Crippen molar-refractivity contribution in [2.75, 3.05) is 26.4 Å². The summed E-state index contributed by atoms with van der Waals surface area (Å²) in [6.45, 7) is 7.68. The van der Waals surface area contributed by atoms with Crippen molar-refractivity contribution in [1.29, 1.82) is 0 Å². The third-order valence-electron chi connectivity index (χ3n) is 14.0. The number of unbranched alkanes of at least 4 members (excludes halogenated alkanes) is 2. The molecule has 0 heterocycles. The first-order valence-corrected chi connectivity index (χ1v) is 25.2. The van der Waals surface area contributed by atoms with E-state index in [1.54, 1.807) is 24.3 Å². The second-order valence-corrected chi connectivity index (χ2v) is 18.9. The molecule has 0 aliphatic heterocycles. The summed E-state index contributed by atoms with van der Waals surface area (Å²) in [6, 6.07) is 10.5. The second-order valence-electron chi connectivity index (χ2n) is 18.9. The van der Waals surface area contributed by atoms with E-state index in [0.717, 1.165) is 12.2 Å². The highest BCUT2D eigenvalue weighted by molar-refractivity contribution is 5.96. The number of fused-ring (bicyclic) bond motifs is 1. The van der Waals surface area contributed by atoms with E-state index in [1.165, 1.54) is 0 Å². The minimum Gasteiger partial charge on any atom is -0.465 e. The molecule has 16 nitrogen and oxygen atoms in total. The second kappa shape index (κ2) is 27.4. The number of benzene rings is 2. The molecule has 0 aromatic heterocycles. The lowest BCUT2D eigenvalue weighted by molar-refractivity contribution is -0.161. The fraction of sp³-hybridized carbons (Fsp3) is 0.593. The van der Waals surface area contributed by atoms with Crippen molar-refractivity contribution in [1.82, 2.24) is 0 Å². The van der Waals surface area contributed by atoms with Gasteiger partial charge in [0.05, 0.1) is 61.9 Å².